The Bertz CT molecular complexity index is 832. The molecule has 1 N–H and O–H groups in total. The van der Waals surface area contributed by atoms with Gasteiger partial charge in [0.25, 0.3) is 0 Å². The first-order chi connectivity index (χ1) is 11.6. The smallest absolute Gasteiger partial charge is 0.230 e. The predicted molar refractivity (Wildman–Crippen MR) is 99.4 cm³/mol. The van der Waals surface area contributed by atoms with Crippen LogP contribution in [0.1, 0.15) is 4.88 Å². The van der Waals surface area contributed by atoms with Crippen molar-refractivity contribution in [2.24, 2.45) is 0 Å². The van der Waals surface area contributed by atoms with E-state index in [1.165, 1.54) is 46.6 Å². The van der Waals surface area contributed by atoms with Crippen LogP contribution < -0.4 is 5.32 Å². The van der Waals surface area contributed by atoms with E-state index in [9.17, 15) is 9.18 Å². The van der Waals surface area contributed by atoms with Crippen molar-refractivity contribution < 1.29 is 9.18 Å². The van der Waals surface area contributed by atoms with E-state index in [-0.39, 0.29) is 11.7 Å². The van der Waals surface area contributed by atoms with Crippen LogP contribution in [0.25, 0.3) is 11.3 Å². The topological polar surface area (TPSA) is 42.0 Å². The monoisotopic (exact) mass is 398 g/mol. The van der Waals surface area contributed by atoms with Crippen molar-refractivity contribution in [1.82, 2.24) is 10.3 Å². The Labute approximate surface area is 155 Å². The lowest BCUT2D eigenvalue weighted by atomic mass is 10.2. The summed E-state index contributed by atoms with van der Waals surface area (Å²) in [6, 6.07) is 9.91. The Morgan fingerprint density at radius 3 is 2.75 bits per heavy atom. The molecule has 2 heterocycles. The third-order valence-electron chi connectivity index (χ3n) is 3.04. The van der Waals surface area contributed by atoms with Crippen LogP contribution in [-0.4, -0.2) is 16.6 Å². The van der Waals surface area contributed by atoms with E-state index in [2.05, 4.69) is 10.3 Å². The SMILES string of the molecule is O=C(CSc1nc(-c2ccc(F)cc2)cs1)NCc1ccc(Cl)s1. The molecule has 0 aliphatic heterocycles. The lowest BCUT2D eigenvalue weighted by Crippen LogP contribution is -2.24. The number of nitrogens with one attached hydrogen (secondary N) is 1. The second-order valence-electron chi connectivity index (χ2n) is 4.78. The van der Waals surface area contributed by atoms with E-state index in [1.54, 1.807) is 12.1 Å². The number of carbonyl (C=O) groups excluding carboxylic acids is 1. The number of hydrogen-bond donors (Lipinski definition) is 1. The van der Waals surface area contributed by atoms with Crippen LogP contribution in [0, 0.1) is 5.82 Å². The fourth-order valence-electron chi connectivity index (χ4n) is 1.89. The van der Waals surface area contributed by atoms with Gasteiger partial charge in [0.15, 0.2) is 4.34 Å². The van der Waals surface area contributed by atoms with Gasteiger partial charge in [-0.2, -0.15) is 0 Å². The standard InChI is InChI=1S/C16H12ClFN2OS3/c17-14-6-5-12(24-14)7-19-15(21)9-23-16-20-13(8-22-16)10-1-3-11(18)4-2-10/h1-6,8H,7,9H2,(H,19,21). The Kier molecular flexibility index (Phi) is 5.89. The summed E-state index contributed by atoms with van der Waals surface area (Å²) in [5, 5.41) is 4.76. The zero-order chi connectivity index (χ0) is 16.9. The molecule has 0 unspecified atom stereocenters. The molecule has 0 radical (unpaired) electrons. The van der Waals surface area contributed by atoms with Gasteiger partial charge in [-0.15, -0.1) is 22.7 Å². The molecule has 0 aliphatic rings. The van der Waals surface area contributed by atoms with Gasteiger partial charge in [-0.3, -0.25) is 4.79 Å². The molecule has 0 bridgehead atoms. The number of carbonyl (C=O) groups is 1. The maximum atomic E-state index is 12.9. The van der Waals surface area contributed by atoms with Crippen LogP contribution in [0.5, 0.6) is 0 Å². The molecule has 3 rings (SSSR count). The summed E-state index contributed by atoms with van der Waals surface area (Å²) in [6.07, 6.45) is 0. The number of halogens is 2. The highest BCUT2D eigenvalue weighted by atomic mass is 35.5. The zero-order valence-electron chi connectivity index (χ0n) is 12.3. The second kappa shape index (κ2) is 8.11. The number of benzene rings is 1. The third-order valence-corrected chi connectivity index (χ3v) is 6.29. The molecular weight excluding hydrogens is 387 g/mol. The fourth-order valence-corrected chi connectivity index (χ4v) is 4.58. The van der Waals surface area contributed by atoms with Gasteiger partial charge in [0.2, 0.25) is 5.91 Å². The van der Waals surface area contributed by atoms with Gasteiger partial charge < -0.3 is 5.32 Å². The number of thioether (sulfide) groups is 1. The number of thiazole rings is 1. The molecule has 124 valence electrons. The zero-order valence-corrected chi connectivity index (χ0v) is 15.5. The highest BCUT2D eigenvalue weighted by Crippen LogP contribution is 2.28. The van der Waals surface area contributed by atoms with E-state index in [1.807, 2.05) is 17.5 Å². The first-order valence-electron chi connectivity index (χ1n) is 6.95. The van der Waals surface area contributed by atoms with Crippen molar-refractivity contribution >= 4 is 51.9 Å². The van der Waals surface area contributed by atoms with Gasteiger partial charge in [-0.05, 0) is 36.4 Å². The Morgan fingerprint density at radius 1 is 1.25 bits per heavy atom. The summed E-state index contributed by atoms with van der Waals surface area (Å²) in [7, 11) is 0. The largest absolute Gasteiger partial charge is 0.350 e. The van der Waals surface area contributed by atoms with Crippen molar-refractivity contribution in [2.75, 3.05) is 5.75 Å². The average molecular weight is 399 g/mol. The molecule has 0 aliphatic carbocycles. The van der Waals surface area contributed by atoms with Gasteiger partial charge in [-0.1, -0.05) is 23.4 Å². The van der Waals surface area contributed by atoms with Crippen molar-refractivity contribution in [1.29, 1.82) is 0 Å². The molecular formula is C16H12ClFN2OS3. The summed E-state index contributed by atoms with van der Waals surface area (Å²) >= 11 is 10.2. The molecule has 0 fully saturated rings. The lowest BCUT2D eigenvalue weighted by Gasteiger charge is -2.02. The normalized spacial score (nSPS) is 10.8. The van der Waals surface area contributed by atoms with Crippen molar-refractivity contribution in [3.8, 4) is 11.3 Å². The van der Waals surface area contributed by atoms with E-state index < -0.39 is 0 Å². The molecule has 1 aromatic carbocycles. The molecule has 0 saturated carbocycles. The predicted octanol–water partition coefficient (Wildman–Crippen LogP) is 5.07. The molecule has 0 saturated heterocycles. The molecule has 24 heavy (non-hydrogen) atoms. The molecule has 3 nitrogen and oxygen atoms in total. The average Bonchev–Trinajstić information content (AvgIpc) is 3.21. The lowest BCUT2D eigenvalue weighted by molar-refractivity contribution is -0.118. The number of aromatic nitrogens is 1. The minimum Gasteiger partial charge on any atom is -0.350 e. The maximum absolute atomic E-state index is 12.9. The Morgan fingerprint density at radius 2 is 2.04 bits per heavy atom. The molecule has 0 spiro atoms. The quantitative estimate of drug-likeness (QED) is 0.589. The van der Waals surface area contributed by atoms with Crippen molar-refractivity contribution in [2.45, 2.75) is 10.9 Å². The fraction of sp³-hybridized carbons (Fsp3) is 0.125. The van der Waals surface area contributed by atoms with E-state index >= 15 is 0 Å². The first-order valence-corrected chi connectivity index (χ1v) is 10.0. The third kappa shape index (κ3) is 4.80. The summed E-state index contributed by atoms with van der Waals surface area (Å²) in [5.74, 6) is -0.0227. The van der Waals surface area contributed by atoms with Crippen molar-refractivity contribution in [3.05, 3.63) is 56.8 Å². The molecule has 8 heteroatoms. The van der Waals surface area contributed by atoms with Crippen LogP contribution in [0.4, 0.5) is 4.39 Å². The molecule has 2 aromatic heterocycles. The van der Waals surface area contributed by atoms with Gasteiger partial charge in [0, 0.05) is 15.8 Å². The minimum atomic E-state index is -0.271. The molecule has 1 amide bonds. The summed E-state index contributed by atoms with van der Waals surface area (Å²) < 4.78 is 14.5. The number of rotatable bonds is 6. The van der Waals surface area contributed by atoms with Crippen LogP contribution in [0.15, 0.2) is 46.1 Å². The summed E-state index contributed by atoms with van der Waals surface area (Å²) in [4.78, 5) is 17.4. The first kappa shape index (κ1) is 17.4. The molecule has 3 aromatic rings. The Hall–Kier alpha value is -1.41. The van der Waals surface area contributed by atoms with E-state index in [0.29, 0.717) is 16.6 Å². The summed E-state index contributed by atoms with van der Waals surface area (Å²) in [6.45, 7) is 0.482. The summed E-state index contributed by atoms with van der Waals surface area (Å²) in [5.41, 5.74) is 1.65. The van der Waals surface area contributed by atoms with Gasteiger partial charge in [0.05, 0.1) is 22.3 Å². The maximum Gasteiger partial charge on any atom is 0.230 e. The van der Waals surface area contributed by atoms with Crippen molar-refractivity contribution in [3.63, 3.8) is 0 Å². The highest BCUT2D eigenvalue weighted by Gasteiger charge is 2.09. The van der Waals surface area contributed by atoms with Crippen LogP contribution in [-0.2, 0) is 11.3 Å². The van der Waals surface area contributed by atoms with Crippen LogP contribution in [0.3, 0.4) is 0 Å². The van der Waals surface area contributed by atoms with E-state index in [4.69, 9.17) is 11.6 Å². The second-order valence-corrected chi connectivity index (χ2v) is 8.66. The molecule has 0 atom stereocenters. The highest BCUT2D eigenvalue weighted by molar-refractivity contribution is 8.01. The van der Waals surface area contributed by atoms with Gasteiger partial charge in [0.1, 0.15) is 5.82 Å². The number of hydrogen-bond acceptors (Lipinski definition) is 5. The van der Waals surface area contributed by atoms with Gasteiger partial charge in [-0.25, -0.2) is 9.37 Å². The number of amides is 1. The van der Waals surface area contributed by atoms with E-state index in [0.717, 1.165) is 20.5 Å². The van der Waals surface area contributed by atoms with Crippen LogP contribution >= 0.6 is 46.0 Å². The number of nitrogens with zero attached hydrogens (tertiary/aromatic N) is 1. The minimum absolute atomic E-state index is 0.0527. The van der Waals surface area contributed by atoms with Crippen LogP contribution in [0.2, 0.25) is 4.34 Å². The van der Waals surface area contributed by atoms with Gasteiger partial charge >= 0.3 is 0 Å². The Balaban J connectivity index is 1.49. The number of thiophene rings is 1.